The Labute approximate surface area is 120 Å². The molecule has 1 aromatic carbocycles. The summed E-state index contributed by atoms with van der Waals surface area (Å²) in [6, 6.07) is 5.30. The molecule has 5 nitrogen and oxygen atoms in total. The molecule has 0 aliphatic heterocycles. The molecule has 0 aliphatic rings. The highest BCUT2D eigenvalue weighted by Crippen LogP contribution is 2.30. The van der Waals surface area contributed by atoms with Crippen molar-refractivity contribution in [3.05, 3.63) is 18.2 Å². The van der Waals surface area contributed by atoms with E-state index < -0.39 is 5.54 Å². The topological polar surface area (TPSA) is 73.6 Å². The van der Waals surface area contributed by atoms with Gasteiger partial charge in [-0.3, -0.25) is 4.79 Å². The number of rotatable bonds is 7. The molecule has 1 amide bonds. The van der Waals surface area contributed by atoms with E-state index in [0.29, 0.717) is 36.8 Å². The van der Waals surface area contributed by atoms with E-state index in [-0.39, 0.29) is 5.91 Å². The molecule has 0 saturated carbocycles. The van der Waals surface area contributed by atoms with Crippen LogP contribution in [0.4, 0.5) is 5.69 Å². The van der Waals surface area contributed by atoms with Crippen LogP contribution in [0.2, 0.25) is 0 Å². The summed E-state index contributed by atoms with van der Waals surface area (Å²) in [5.41, 5.74) is 5.67. The van der Waals surface area contributed by atoms with E-state index in [1.807, 2.05) is 20.8 Å². The molecule has 0 heterocycles. The highest BCUT2D eigenvalue weighted by atomic mass is 16.5. The van der Waals surface area contributed by atoms with Gasteiger partial charge in [-0.2, -0.15) is 0 Å². The fourth-order valence-electron chi connectivity index (χ4n) is 1.56. The zero-order chi connectivity index (χ0) is 15.2. The molecule has 1 aromatic rings. The largest absolute Gasteiger partial charge is 0.490 e. The van der Waals surface area contributed by atoms with Crippen LogP contribution >= 0.6 is 0 Å². The lowest BCUT2D eigenvalue weighted by molar-refractivity contribution is -0.120. The number of benzene rings is 1. The molecule has 0 bridgehead atoms. The first-order chi connectivity index (χ1) is 9.44. The monoisotopic (exact) mass is 280 g/mol. The molecule has 0 aromatic heterocycles. The van der Waals surface area contributed by atoms with Crippen LogP contribution in [-0.4, -0.2) is 24.7 Å². The minimum absolute atomic E-state index is 0.216. The number of ether oxygens (including phenoxy) is 2. The second-order valence-corrected chi connectivity index (χ2v) is 4.75. The Morgan fingerprint density at radius 2 is 1.80 bits per heavy atom. The number of amides is 1. The summed E-state index contributed by atoms with van der Waals surface area (Å²) < 4.78 is 11.0. The molecule has 0 radical (unpaired) electrons. The van der Waals surface area contributed by atoms with Gasteiger partial charge in [-0.25, -0.2) is 0 Å². The Morgan fingerprint density at radius 3 is 2.35 bits per heavy atom. The van der Waals surface area contributed by atoms with Crippen molar-refractivity contribution < 1.29 is 14.3 Å². The van der Waals surface area contributed by atoms with Crippen LogP contribution in [0, 0.1) is 0 Å². The van der Waals surface area contributed by atoms with E-state index in [0.717, 1.165) is 0 Å². The second kappa shape index (κ2) is 7.14. The van der Waals surface area contributed by atoms with Gasteiger partial charge < -0.3 is 20.5 Å². The predicted octanol–water partition coefficient (Wildman–Crippen LogP) is 2.55. The van der Waals surface area contributed by atoms with Gasteiger partial charge in [-0.15, -0.1) is 0 Å². The van der Waals surface area contributed by atoms with Crippen LogP contribution in [-0.2, 0) is 4.79 Å². The molecule has 3 N–H and O–H groups in total. The smallest absolute Gasteiger partial charge is 0.244 e. The van der Waals surface area contributed by atoms with Gasteiger partial charge in [0.2, 0.25) is 5.91 Å². The van der Waals surface area contributed by atoms with Gasteiger partial charge in [-0.05, 0) is 39.3 Å². The third-order valence-electron chi connectivity index (χ3n) is 3.05. The first-order valence-electron chi connectivity index (χ1n) is 6.94. The van der Waals surface area contributed by atoms with Crippen molar-refractivity contribution in [2.45, 2.75) is 39.7 Å². The van der Waals surface area contributed by atoms with Crippen LogP contribution in [0.1, 0.15) is 34.1 Å². The maximum absolute atomic E-state index is 12.0. The number of carbonyl (C=O) groups is 1. The molecule has 1 atom stereocenters. The van der Waals surface area contributed by atoms with Crippen molar-refractivity contribution in [2.75, 3.05) is 18.5 Å². The Kier molecular flexibility index (Phi) is 5.82. The van der Waals surface area contributed by atoms with Gasteiger partial charge >= 0.3 is 0 Å². The van der Waals surface area contributed by atoms with Crippen LogP contribution in [0.15, 0.2) is 18.2 Å². The first kappa shape index (κ1) is 16.3. The Bertz CT molecular complexity index is 458. The zero-order valence-electron chi connectivity index (χ0n) is 12.7. The van der Waals surface area contributed by atoms with E-state index in [1.54, 1.807) is 25.1 Å². The summed E-state index contributed by atoms with van der Waals surface area (Å²) in [5, 5.41) is 2.80. The molecule has 0 aliphatic carbocycles. The van der Waals surface area contributed by atoms with Gasteiger partial charge in [0.1, 0.15) is 0 Å². The average Bonchev–Trinajstić information content (AvgIpc) is 2.42. The highest BCUT2D eigenvalue weighted by molar-refractivity contribution is 5.97. The van der Waals surface area contributed by atoms with Crippen LogP contribution in [0.5, 0.6) is 11.5 Å². The van der Waals surface area contributed by atoms with Crippen molar-refractivity contribution in [3.63, 3.8) is 0 Å². The molecule has 1 unspecified atom stereocenters. The fraction of sp³-hybridized carbons (Fsp3) is 0.533. The summed E-state index contributed by atoms with van der Waals surface area (Å²) >= 11 is 0. The number of anilines is 1. The minimum Gasteiger partial charge on any atom is -0.490 e. The molecule has 0 fully saturated rings. The Hall–Kier alpha value is -1.75. The van der Waals surface area contributed by atoms with Crippen molar-refractivity contribution in [1.29, 1.82) is 0 Å². The zero-order valence-corrected chi connectivity index (χ0v) is 12.7. The van der Waals surface area contributed by atoms with Gasteiger partial charge in [0.25, 0.3) is 0 Å². The quantitative estimate of drug-likeness (QED) is 0.805. The van der Waals surface area contributed by atoms with Gasteiger partial charge in [-0.1, -0.05) is 6.92 Å². The lowest BCUT2D eigenvalue weighted by Crippen LogP contribution is -2.47. The predicted molar refractivity (Wildman–Crippen MR) is 80.3 cm³/mol. The van der Waals surface area contributed by atoms with Gasteiger partial charge in [0, 0.05) is 11.8 Å². The van der Waals surface area contributed by atoms with E-state index in [4.69, 9.17) is 15.2 Å². The molecular weight excluding hydrogens is 256 g/mol. The van der Waals surface area contributed by atoms with E-state index in [9.17, 15) is 4.79 Å². The molecule has 0 spiro atoms. The first-order valence-corrected chi connectivity index (χ1v) is 6.94. The van der Waals surface area contributed by atoms with Gasteiger partial charge in [0.15, 0.2) is 11.5 Å². The standard InChI is InChI=1S/C15H24N2O3/c1-5-15(4,16)14(18)17-11-8-9-12(19-6-2)13(10-11)20-7-3/h8-10H,5-7,16H2,1-4H3,(H,17,18). The number of hydrogen-bond donors (Lipinski definition) is 2. The molecule has 20 heavy (non-hydrogen) atoms. The summed E-state index contributed by atoms with van der Waals surface area (Å²) in [5.74, 6) is 1.06. The van der Waals surface area contributed by atoms with E-state index in [1.165, 1.54) is 0 Å². The summed E-state index contributed by atoms with van der Waals surface area (Å²) in [7, 11) is 0. The van der Waals surface area contributed by atoms with Gasteiger partial charge in [0.05, 0.1) is 18.8 Å². The molecule has 5 heteroatoms. The van der Waals surface area contributed by atoms with Crippen LogP contribution in [0.3, 0.4) is 0 Å². The molecule has 1 rings (SSSR count). The average molecular weight is 280 g/mol. The number of hydrogen-bond acceptors (Lipinski definition) is 4. The van der Waals surface area contributed by atoms with E-state index >= 15 is 0 Å². The summed E-state index contributed by atoms with van der Waals surface area (Å²) in [6.45, 7) is 8.48. The molecule has 0 saturated heterocycles. The van der Waals surface area contributed by atoms with Crippen LogP contribution in [0.25, 0.3) is 0 Å². The normalized spacial score (nSPS) is 13.4. The SMILES string of the molecule is CCOc1ccc(NC(=O)C(C)(N)CC)cc1OCC. The highest BCUT2D eigenvalue weighted by Gasteiger charge is 2.26. The maximum atomic E-state index is 12.0. The van der Waals surface area contributed by atoms with E-state index in [2.05, 4.69) is 5.32 Å². The summed E-state index contributed by atoms with van der Waals surface area (Å²) in [6.07, 6.45) is 0.564. The second-order valence-electron chi connectivity index (χ2n) is 4.75. The minimum atomic E-state index is -0.885. The van der Waals surface area contributed by atoms with Crippen LogP contribution < -0.4 is 20.5 Å². The van der Waals surface area contributed by atoms with Crippen molar-refractivity contribution in [2.24, 2.45) is 5.73 Å². The maximum Gasteiger partial charge on any atom is 0.244 e. The number of nitrogens with one attached hydrogen (secondary N) is 1. The Balaban J connectivity index is 2.91. The van der Waals surface area contributed by atoms with Crippen molar-refractivity contribution >= 4 is 11.6 Å². The third kappa shape index (κ3) is 4.13. The number of carbonyl (C=O) groups excluding carboxylic acids is 1. The third-order valence-corrected chi connectivity index (χ3v) is 3.05. The summed E-state index contributed by atoms with van der Waals surface area (Å²) in [4.78, 5) is 12.0. The lowest BCUT2D eigenvalue weighted by Gasteiger charge is -2.22. The molecular formula is C15H24N2O3. The Morgan fingerprint density at radius 1 is 1.20 bits per heavy atom. The van der Waals surface area contributed by atoms with Crippen molar-refractivity contribution in [3.8, 4) is 11.5 Å². The fourth-order valence-corrected chi connectivity index (χ4v) is 1.56. The molecule has 112 valence electrons. The van der Waals surface area contributed by atoms with Crippen molar-refractivity contribution in [1.82, 2.24) is 0 Å². The number of nitrogens with two attached hydrogens (primary N) is 1. The lowest BCUT2D eigenvalue weighted by atomic mass is 9.99.